The number of nitrogens with one attached hydrogen (secondary N) is 1. The van der Waals surface area contributed by atoms with Crippen LogP contribution in [0.15, 0.2) is 22.7 Å². The van der Waals surface area contributed by atoms with E-state index in [4.69, 9.17) is 0 Å². The maximum Gasteiger partial charge on any atom is 0.283 e. The monoisotopic (exact) mass is 325 g/mol. The lowest BCUT2D eigenvalue weighted by Crippen LogP contribution is -2.25. The molecule has 2 saturated heterocycles. The van der Waals surface area contributed by atoms with Gasteiger partial charge >= 0.3 is 0 Å². The Hall–Kier alpha value is -0.980. The van der Waals surface area contributed by atoms with Gasteiger partial charge in [-0.05, 0) is 46.4 Å². The highest BCUT2D eigenvalue weighted by Crippen LogP contribution is 2.32. The fourth-order valence-corrected chi connectivity index (χ4v) is 3.69. The predicted octanol–water partition coefficient (Wildman–Crippen LogP) is 2.01. The van der Waals surface area contributed by atoms with Crippen molar-refractivity contribution in [3.63, 3.8) is 0 Å². The van der Waals surface area contributed by atoms with Crippen LogP contribution in [0.4, 0.5) is 5.69 Å². The van der Waals surface area contributed by atoms with E-state index in [1.807, 2.05) is 6.07 Å². The largest absolute Gasteiger partial charge is 0.316 e. The molecule has 6 heteroatoms. The number of nitrogens with zero attached hydrogens (tertiary/aromatic N) is 2. The molecule has 2 aliphatic rings. The number of nitro groups is 1. The van der Waals surface area contributed by atoms with Crippen molar-refractivity contribution >= 4 is 21.6 Å². The molecule has 2 fully saturated rings. The van der Waals surface area contributed by atoms with Gasteiger partial charge in [0.05, 0.1) is 9.40 Å². The summed E-state index contributed by atoms with van der Waals surface area (Å²) in [5.74, 6) is 1.50. The van der Waals surface area contributed by atoms with E-state index < -0.39 is 0 Å². The number of benzene rings is 1. The van der Waals surface area contributed by atoms with E-state index in [-0.39, 0.29) is 10.6 Å². The van der Waals surface area contributed by atoms with Crippen molar-refractivity contribution in [3.05, 3.63) is 38.3 Å². The number of hydrogen-bond acceptors (Lipinski definition) is 4. The van der Waals surface area contributed by atoms with E-state index in [1.54, 1.807) is 6.07 Å². The van der Waals surface area contributed by atoms with Crippen molar-refractivity contribution in [2.24, 2.45) is 11.8 Å². The summed E-state index contributed by atoms with van der Waals surface area (Å²) in [6, 6.07) is 5.26. The first kappa shape index (κ1) is 13.0. The Morgan fingerprint density at radius 2 is 2.05 bits per heavy atom. The summed E-state index contributed by atoms with van der Waals surface area (Å²) in [4.78, 5) is 13.0. The van der Waals surface area contributed by atoms with Crippen molar-refractivity contribution in [2.45, 2.75) is 6.54 Å². The Labute approximate surface area is 120 Å². The standard InChI is InChI=1S/C13H16BrN3O2/c14-13-9(2-1-3-12(13)17(18)19)6-16-7-10-4-15-5-11(10)8-16/h1-3,10-11,15H,4-8H2/t10-,11+. The average Bonchev–Trinajstić information content (AvgIpc) is 2.92. The summed E-state index contributed by atoms with van der Waals surface area (Å²) in [5.41, 5.74) is 1.15. The molecule has 2 atom stereocenters. The number of rotatable bonds is 3. The van der Waals surface area contributed by atoms with Gasteiger partial charge in [0.1, 0.15) is 0 Å². The van der Waals surface area contributed by atoms with E-state index >= 15 is 0 Å². The van der Waals surface area contributed by atoms with Crippen LogP contribution in [0.1, 0.15) is 5.56 Å². The fourth-order valence-electron chi connectivity index (χ4n) is 3.15. The lowest BCUT2D eigenvalue weighted by Gasteiger charge is -2.17. The summed E-state index contributed by atoms with van der Waals surface area (Å²) in [5, 5.41) is 14.3. The molecule has 2 aliphatic heterocycles. The second-order valence-electron chi connectivity index (χ2n) is 5.38. The molecule has 0 bridgehead atoms. The highest BCUT2D eigenvalue weighted by molar-refractivity contribution is 9.10. The second kappa shape index (κ2) is 5.19. The normalized spacial score (nSPS) is 26.6. The minimum Gasteiger partial charge on any atom is -0.316 e. The van der Waals surface area contributed by atoms with Crippen LogP contribution in [-0.4, -0.2) is 36.0 Å². The van der Waals surface area contributed by atoms with Gasteiger partial charge in [-0.25, -0.2) is 0 Å². The summed E-state index contributed by atoms with van der Waals surface area (Å²) in [6.07, 6.45) is 0. The second-order valence-corrected chi connectivity index (χ2v) is 6.17. The first-order valence-corrected chi connectivity index (χ1v) is 7.29. The summed E-state index contributed by atoms with van der Waals surface area (Å²) >= 11 is 3.37. The zero-order valence-corrected chi connectivity index (χ0v) is 12.1. The summed E-state index contributed by atoms with van der Waals surface area (Å²) in [7, 11) is 0. The molecular weight excluding hydrogens is 310 g/mol. The van der Waals surface area contributed by atoms with Gasteiger partial charge in [0.15, 0.2) is 0 Å². The molecule has 0 amide bonds. The van der Waals surface area contributed by atoms with Gasteiger partial charge in [0, 0.05) is 25.7 Å². The Morgan fingerprint density at radius 1 is 1.37 bits per heavy atom. The van der Waals surface area contributed by atoms with Crippen LogP contribution < -0.4 is 5.32 Å². The topological polar surface area (TPSA) is 58.4 Å². The van der Waals surface area contributed by atoms with Crippen molar-refractivity contribution in [3.8, 4) is 0 Å². The maximum absolute atomic E-state index is 10.9. The number of nitro benzene ring substituents is 1. The number of halogens is 1. The molecule has 0 spiro atoms. The Kier molecular flexibility index (Phi) is 3.56. The Balaban J connectivity index is 1.74. The minimum absolute atomic E-state index is 0.151. The van der Waals surface area contributed by atoms with Crippen LogP contribution in [0.2, 0.25) is 0 Å². The highest BCUT2D eigenvalue weighted by Gasteiger charge is 2.36. The SMILES string of the molecule is O=[N+]([O-])c1cccc(CN2C[C@H]3CNC[C@H]3C2)c1Br. The van der Waals surface area contributed by atoms with E-state index in [9.17, 15) is 10.1 Å². The molecule has 1 N–H and O–H groups in total. The molecule has 19 heavy (non-hydrogen) atoms. The molecule has 102 valence electrons. The third kappa shape index (κ3) is 2.52. The Bertz CT molecular complexity index is 497. The Morgan fingerprint density at radius 3 is 2.68 bits per heavy atom. The molecule has 1 aromatic rings. The first-order chi connectivity index (χ1) is 9.15. The van der Waals surface area contributed by atoms with E-state index in [0.717, 1.165) is 50.1 Å². The molecule has 2 heterocycles. The smallest absolute Gasteiger partial charge is 0.283 e. The molecule has 0 unspecified atom stereocenters. The van der Waals surface area contributed by atoms with Crippen LogP contribution in [0.3, 0.4) is 0 Å². The van der Waals surface area contributed by atoms with Gasteiger partial charge < -0.3 is 5.32 Å². The van der Waals surface area contributed by atoms with Gasteiger partial charge in [-0.1, -0.05) is 12.1 Å². The lowest BCUT2D eigenvalue weighted by atomic mass is 10.0. The van der Waals surface area contributed by atoms with Gasteiger partial charge in [0.2, 0.25) is 0 Å². The average molecular weight is 326 g/mol. The number of likely N-dealkylation sites (tertiary alicyclic amines) is 1. The fraction of sp³-hybridized carbons (Fsp3) is 0.538. The van der Waals surface area contributed by atoms with Crippen molar-refractivity contribution in [2.75, 3.05) is 26.2 Å². The van der Waals surface area contributed by atoms with Gasteiger partial charge in [-0.2, -0.15) is 0 Å². The molecule has 0 radical (unpaired) electrons. The highest BCUT2D eigenvalue weighted by atomic mass is 79.9. The quantitative estimate of drug-likeness (QED) is 0.682. The zero-order valence-electron chi connectivity index (χ0n) is 10.5. The number of fused-ring (bicyclic) bond motifs is 1. The van der Waals surface area contributed by atoms with Crippen LogP contribution in [0.25, 0.3) is 0 Å². The van der Waals surface area contributed by atoms with E-state index in [1.165, 1.54) is 6.07 Å². The molecule has 0 aromatic heterocycles. The predicted molar refractivity (Wildman–Crippen MR) is 75.9 cm³/mol. The van der Waals surface area contributed by atoms with Crippen LogP contribution >= 0.6 is 15.9 Å². The van der Waals surface area contributed by atoms with Crippen molar-refractivity contribution < 1.29 is 4.92 Å². The van der Waals surface area contributed by atoms with E-state index in [2.05, 4.69) is 26.1 Å². The molecule has 0 aliphatic carbocycles. The molecule has 1 aromatic carbocycles. The van der Waals surface area contributed by atoms with E-state index in [0.29, 0.717) is 4.47 Å². The third-order valence-electron chi connectivity index (χ3n) is 4.11. The summed E-state index contributed by atoms with van der Waals surface area (Å²) < 4.78 is 0.621. The van der Waals surface area contributed by atoms with Gasteiger partial charge in [0.25, 0.3) is 5.69 Å². The molecule has 5 nitrogen and oxygen atoms in total. The van der Waals surface area contributed by atoms with Crippen molar-refractivity contribution in [1.82, 2.24) is 10.2 Å². The maximum atomic E-state index is 10.9. The first-order valence-electron chi connectivity index (χ1n) is 6.50. The van der Waals surface area contributed by atoms with Crippen LogP contribution in [0.5, 0.6) is 0 Å². The summed E-state index contributed by atoms with van der Waals surface area (Å²) in [6.45, 7) is 5.18. The molecule has 0 saturated carbocycles. The van der Waals surface area contributed by atoms with Crippen LogP contribution in [0, 0.1) is 22.0 Å². The lowest BCUT2D eigenvalue weighted by molar-refractivity contribution is -0.385. The van der Waals surface area contributed by atoms with Gasteiger partial charge in [-0.15, -0.1) is 0 Å². The van der Waals surface area contributed by atoms with Crippen LogP contribution in [-0.2, 0) is 6.54 Å². The van der Waals surface area contributed by atoms with Crippen molar-refractivity contribution in [1.29, 1.82) is 0 Å². The minimum atomic E-state index is -0.337. The third-order valence-corrected chi connectivity index (χ3v) is 5.03. The molecular formula is C13H16BrN3O2. The number of hydrogen-bond donors (Lipinski definition) is 1. The zero-order chi connectivity index (χ0) is 13.4. The molecule has 3 rings (SSSR count). The van der Waals surface area contributed by atoms with Gasteiger partial charge in [-0.3, -0.25) is 15.0 Å².